The maximum Gasteiger partial charge on any atom is 0.513 e. The van der Waals surface area contributed by atoms with Gasteiger partial charge in [0.1, 0.15) is 19.0 Å². The van der Waals surface area contributed by atoms with E-state index in [-0.39, 0.29) is 6.61 Å². The fourth-order valence-electron chi connectivity index (χ4n) is 0.753. The minimum atomic E-state index is -0.886. The van der Waals surface area contributed by atoms with E-state index in [1.54, 1.807) is 12.1 Å². The van der Waals surface area contributed by atoms with Crippen molar-refractivity contribution in [3.63, 3.8) is 0 Å². The summed E-state index contributed by atoms with van der Waals surface area (Å²) in [5, 5.41) is 10.5. The van der Waals surface area contributed by atoms with Crippen molar-refractivity contribution < 1.29 is 19.4 Å². The summed E-state index contributed by atoms with van der Waals surface area (Å²) >= 11 is 5.62. The zero-order chi connectivity index (χ0) is 10.4. The van der Waals surface area contributed by atoms with Crippen molar-refractivity contribution in [1.29, 1.82) is 0 Å². The van der Waals surface area contributed by atoms with Crippen LogP contribution in [0, 0.1) is 0 Å². The molecule has 0 N–H and O–H groups in total. The molecule has 0 heterocycles. The van der Waals surface area contributed by atoms with Gasteiger partial charge in [-0.15, -0.1) is 0 Å². The van der Waals surface area contributed by atoms with Crippen molar-refractivity contribution >= 4 is 17.8 Å². The third-order valence-corrected chi connectivity index (χ3v) is 1.57. The predicted octanol–water partition coefficient (Wildman–Crippen LogP) is 2.29. The van der Waals surface area contributed by atoms with Gasteiger partial charge in [-0.2, -0.15) is 0 Å². The largest absolute Gasteiger partial charge is 0.513 e. The highest BCUT2D eigenvalue weighted by atomic mass is 35.5. The van der Waals surface area contributed by atoms with Crippen LogP contribution in [0.3, 0.4) is 0 Å². The van der Waals surface area contributed by atoms with Gasteiger partial charge in [0.2, 0.25) is 0 Å². The Hall–Kier alpha value is -1.26. The highest BCUT2D eigenvalue weighted by molar-refractivity contribution is 6.30. The molecule has 4 nitrogen and oxygen atoms in total. The topological polar surface area (TPSA) is 55.4 Å². The molecule has 0 aliphatic carbocycles. The molecule has 14 heavy (non-hydrogen) atoms. The van der Waals surface area contributed by atoms with Crippen molar-refractivity contribution in [3.05, 3.63) is 29.3 Å². The number of halogens is 1. The summed E-state index contributed by atoms with van der Waals surface area (Å²) in [6.45, 7) is -0.665. The quantitative estimate of drug-likeness (QED) is 0.574. The number of hydrogen-bond acceptors (Lipinski definition) is 3. The van der Waals surface area contributed by atoms with Crippen LogP contribution in [0.4, 0.5) is 4.79 Å². The molecule has 0 spiro atoms. The van der Waals surface area contributed by atoms with Crippen LogP contribution in [-0.4, -0.2) is 19.4 Å². The number of rotatable bonds is 3. The van der Waals surface area contributed by atoms with E-state index in [1.165, 1.54) is 12.1 Å². The van der Waals surface area contributed by atoms with Crippen molar-refractivity contribution in [2.75, 3.05) is 13.2 Å². The molecule has 0 unspecified atom stereocenters. The summed E-state index contributed by atoms with van der Waals surface area (Å²) in [6.07, 6.45) is -0.886. The second-order valence-electron chi connectivity index (χ2n) is 2.36. The summed E-state index contributed by atoms with van der Waals surface area (Å²) in [6, 6.07) is 6.22. The van der Waals surface area contributed by atoms with Crippen LogP contribution < -0.4 is 4.74 Å². The van der Waals surface area contributed by atoms with E-state index in [0.29, 0.717) is 10.8 Å². The molecule has 0 aromatic heterocycles. The van der Waals surface area contributed by atoms with Gasteiger partial charge in [0, 0.05) is 5.02 Å². The van der Waals surface area contributed by atoms with Gasteiger partial charge in [-0.05, 0) is 24.3 Å². The highest BCUT2D eigenvalue weighted by Gasteiger charge is 2.04. The van der Waals surface area contributed by atoms with Gasteiger partial charge in [0.15, 0.2) is 0 Å². The van der Waals surface area contributed by atoms with Gasteiger partial charge in [-0.25, -0.2) is 9.90 Å². The minimum Gasteiger partial charge on any atom is -0.431 e. The number of carbonyl (C=O) groups excluding carboxylic acids is 1. The second kappa shape index (κ2) is 5.47. The smallest absolute Gasteiger partial charge is 0.431 e. The fourth-order valence-corrected chi connectivity index (χ4v) is 0.879. The first-order chi connectivity index (χ1) is 6.72. The van der Waals surface area contributed by atoms with E-state index in [1.807, 2.05) is 0 Å². The third kappa shape index (κ3) is 3.64. The highest BCUT2D eigenvalue weighted by Crippen LogP contribution is 2.15. The summed E-state index contributed by atoms with van der Waals surface area (Å²) in [5.74, 6) is 0.324. The summed E-state index contributed by atoms with van der Waals surface area (Å²) in [4.78, 5) is 10.8. The fraction of sp³-hybridized carbons (Fsp3) is 0.222. The van der Waals surface area contributed by atoms with Gasteiger partial charge in [0.25, 0.3) is 0 Å². The molecule has 1 radical (unpaired) electrons. The Morgan fingerprint density at radius 2 is 1.93 bits per heavy atom. The van der Waals surface area contributed by atoms with E-state index in [0.717, 1.165) is 0 Å². The minimum absolute atomic E-state index is 0.188. The average molecular weight is 216 g/mol. The van der Waals surface area contributed by atoms with E-state index in [4.69, 9.17) is 16.3 Å². The zero-order valence-electron chi connectivity index (χ0n) is 7.23. The molecule has 0 saturated heterocycles. The molecule has 0 saturated carbocycles. The Kier molecular flexibility index (Phi) is 4.22. The summed E-state index contributed by atoms with van der Waals surface area (Å²) in [5.41, 5.74) is 0. The lowest BCUT2D eigenvalue weighted by molar-refractivity contribution is 0.0638. The van der Waals surface area contributed by atoms with Crippen LogP contribution in [0.1, 0.15) is 0 Å². The predicted molar refractivity (Wildman–Crippen MR) is 49.0 cm³/mol. The normalized spacial score (nSPS) is 9.57. The molecule has 1 aromatic rings. The molecular formula is C9H8ClO4. The molecule has 0 amide bonds. The molecule has 0 fully saturated rings. The Labute approximate surface area is 86.0 Å². The lowest BCUT2D eigenvalue weighted by Crippen LogP contribution is -2.12. The molecular weight excluding hydrogens is 208 g/mol. The standard InChI is InChI=1S/C9H8ClO4/c10-7-1-3-8(4-2-7)14-9(12)13-6-5-11/h1-4H,5-6H2. The molecule has 0 aliphatic heterocycles. The molecule has 5 heteroatoms. The number of ether oxygens (including phenoxy) is 2. The van der Waals surface area contributed by atoms with Crippen LogP contribution in [0.5, 0.6) is 5.75 Å². The molecule has 75 valence electrons. The van der Waals surface area contributed by atoms with Gasteiger partial charge >= 0.3 is 6.16 Å². The van der Waals surface area contributed by atoms with Crippen LogP contribution in [-0.2, 0) is 9.84 Å². The summed E-state index contributed by atoms with van der Waals surface area (Å²) < 4.78 is 9.13. The Balaban J connectivity index is 2.44. The lowest BCUT2D eigenvalue weighted by atomic mass is 10.3. The third-order valence-electron chi connectivity index (χ3n) is 1.32. The van der Waals surface area contributed by atoms with Crippen LogP contribution >= 0.6 is 11.6 Å². The zero-order valence-corrected chi connectivity index (χ0v) is 7.99. The Morgan fingerprint density at radius 1 is 1.29 bits per heavy atom. The Bertz CT molecular complexity index is 296. The molecule has 1 aromatic carbocycles. The maximum atomic E-state index is 10.8. The second-order valence-corrected chi connectivity index (χ2v) is 2.80. The van der Waals surface area contributed by atoms with Crippen molar-refractivity contribution in [2.24, 2.45) is 0 Å². The van der Waals surface area contributed by atoms with Gasteiger partial charge < -0.3 is 9.47 Å². The van der Waals surface area contributed by atoms with Crippen molar-refractivity contribution in [2.45, 2.75) is 0 Å². The maximum absolute atomic E-state index is 10.8. The average Bonchev–Trinajstić information content (AvgIpc) is 2.18. The van der Waals surface area contributed by atoms with Crippen LogP contribution in [0.2, 0.25) is 5.02 Å². The monoisotopic (exact) mass is 215 g/mol. The number of carbonyl (C=O) groups is 1. The Morgan fingerprint density at radius 3 is 2.50 bits per heavy atom. The van der Waals surface area contributed by atoms with E-state index in [9.17, 15) is 9.90 Å². The first-order valence-electron chi connectivity index (χ1n) is 3.90. The first-order valence-corrected chi connectivity index (χ1v) is 4.28. The lowest BCUT2D eigenvalue weighted by Gasteiger charge is -2.03. The molecule has 0 atom stereocenters. The van der Waals surface area contributed by atoms with Gasteiger partial charge in [-0.3, -0.25) is 0 Å². The summed E-state index contributed by atoms with van der Waals surface area (Å²) in [7, 11) is 0. The number of benzene rings is 1. The van der Waals surface area contributed by atoms with Crippen LogP contribution in [0.25, 0.3) is 0 Å². The van der Waals surface area contributed by atoms with E-state index in [2.05, 4.69) is 4.74 Å². The van der Waals surface area contributed by atoms with Crippen LogP contribution in [0.15, 0.2) is 24.3 Å². The first kappa shape index (κ1) is 10.8. The van der Waals surface area contributed by atoms with Gasteiger partial charge in [-0.1, -0.05) is 11.6 Å². The van der Waals surface area contributed by atoms with Crippen molar-refractivity contribution in [3.8, 4) is 5.75 Å². The van der Waals surface area contributed by atoms with E-state index >= 15 is 0 Å². The SMILES string of the molecule is [O]CCOC(=O)Oc1ccc(Cl)cc1. The van der Waals surface area contributed by atoms with Crippen molar-refractivity contribution in [1.82, 2.24) is 0 Å². The molecule has 0 bridgehead atoms. The molecule has 1 rings (SSSR count). The number of hydrogen-bond donors (Lipinski definition) is 0. The molecule has 0 aliphatic rings. The van der Waals surface area contributed by atoms with E-state index < -0.39 is 12.8 Å². The van der Waals surface area contributed by atoms with Gasteiger partial charge in [0.05, 0.1) is 0 Å².